The Balaban J connectivity index is 2.40. The number of para-hydroxylation sites is 1. The minimum Gasteiger partial charge on any atom is -0.460 e. The third kappa shape index (κ3) is 2.06. The lowest BCUT2D eigenvalue weighted by atomic mass is 10.2. The SMILES string of the molecule is CCOC(=O)C(=O)c1cc2cccc(C)c2[nH]1. The number of nitrogens with one attached hydrogen (secondary N) is 1. The lowest BCUT2D eigenvalue weighted by Gasteiger charge is -1.98. The molecule has 1 N–H and O–H groups in total. The van der Waals surface area contributed by atoms with E-state index >= 15 is 0 Å². The molecule has 17 heavy (non-hydrogen) atoms. The van der Waals surface area contributed by atoms with Gasteiger partial charge in [0, 0.05) is 10.9 Å². The molecule has 0 unspecified atom stereocenters. The first-order valence-electron chi connectivity index (χ1n) is 5.43. The number of ether oxygens (including phenoxy) is 1. The molecule has 0 saturated heterocycles. The quantitative estimate of drug-likeness (QED) is 0.500. The van der Waals surface area contributed by atoms with Crippen LogP contribution in [0.4, 0.5) is 0 Å². The molecule has 0 aliphatic heterocycles. The van der Waals surface area contributed by atoms with Gasteiger partial charge in [-0.1, -0.05) is 18.2 Å². The summed E-state index contributed by atoms with van der Waals surface area (Å²) in [7, 11) is 0. The molecule has 2 rings (SSSR count). The summed E-state index contributed by atoms with van der Waals surface area (Å²) in [6.45, 7) is 3.81. The second-order valence-electron chi connectivity index (χ2n) is 3.77. The number of esters is 1. The normalized spacial score (nSPS) is 10.5. The Morgan fingerprint density at radius 3 is 2.76 bits per heavy atom. The first kappa shape index (κ1) is 11.4. The molecule has 4 nitrogen and oxygen atoms in total. The molecule has 0 amide bonds. The molecule has 1 heterocycles. The fraction of sp³-hybridized carbons (Fsp3) is 0.231. The summed E-state index contributed by atoms with van der Waals surface area (Å²) in [5.41, 5.74) is 2.18. The number of hydrogen-bond donors (Lipinski definition) is 1. The second-order valence-corrected chi connectivity index (χ2v) is 3.77. The van der Waals surface area contributed by atoms with Gasteiger partial charge < -0.3 is 9.72 Å². The summed E-state index contributed by atoms with van der Waals surface area (Å²) in [5.74, 6) is -1.46. The fourth-order valence-corrected chi connectivity index (χ4v) is 1.74. The summed E-state index contributed by atoms with van der Waals surface area (Å²) >= 11 is 0. The second kappa shape index (κ2) is 4.41. The van der Waals surface area contributed by atoms with Gasteiger partial charge in [-0.25, -0.2) is 4.79 Å². The predicted octanol–water partition coefficient (Wildman–Crippen LogP) is 2.22. The van der Waals surface area contributed by atoms with Crippen molar-refractivity contribution in [2.75, 3.05) is 6.61 Å². The molecule has 0 saturated carbocycles. The van der Waals surface area contributed by atoms with Crippen molar-refractivity contribution in [2.45, 2.75) is 13.8 Å². The minimum atomic E-state index is -0.822. The van der Waals surface area contributed by atoms with E-state index in [1.165, 1.54) is 0 Å². The molecule has 1 aromatic heterocycles. The van der Waals surface area contributed by atoms with Crippen LogP contribution in [0.2, 0.25) is 0 Å². The molecule has 0 fully saturated rings. The first-order chi connectivity index (χ1) is 8.13. The van der Waals surface area contributed by atoms with Crippen molar-refractivity contribution >= 4 is 22.7 Å². The molecule has 0 aliphatic rings. The Hall–Kier alpha value is -2.10. The standard InChI is InChI=1S/C13H13NO3/c1-3-17-13(16)12(15)10-7-9-6-4-5-8(2)11(9)14-10/h4-7,14H,3H2,1-2H3. The van der Waals surface area contributed by atoms with Crippen LogP contribution >= 0.6 is 0 Å². The van der Waals surface area contributed by atoms with Crippen molar-refractivity contribution in [1.82, 2.24) is 4.98 Å². The number of aromatic amines is 1. The maximum absolute atomic E-state index is 11.7. The number of hydrogen-bond acceptors (Lipinski definition) is 3. The number of H-pyrrole nitrogens is 1. The van der Waals surface area contributed by atoms with Crippen LogP contribution < -0.4 is 0 Å². The number of ketones is 1. The van der Waals surface area contributed by atoms with Crippen LogP contribution in [0.1, 0.15) is 23.0 Å². The van der Waals surface area contributed by atoms with Crippen molar-refractivity contribution < 1.29 is 14.3 Å². The number of benzene rings is 1. The Kier molecular flexibility index (Phi) is 2.95. The number of carbonyl (C=O) groups excluding carboxylic acids is 2. The zero-order valence-electron chi connectivity index (χ0n) is 9.74. The maximum atomic E-state index is 11.7. The van der Waals surface area contributed by atoms with Crippen LogP contribution in [0.5, 0.6) is 0 Å². The van der Waals surface area contributed by atoms with Crippen LogP contribution in [-0.2, 0) is 9.53 Å². The highest BCUT2D eigenvalue weighted by atomic mass is 16.5. The van der Waals surface area contributed by atoms with Gasteiger partial charge in [-0.05, 0) is 25.5 Å². The van der Waals surface area contributed by atoms with Gasteiger partial charge >= 0.3 is 5.97 Å². The molecule has 88 valence electrons. The minimum absolute atomic E-state index is 0.198. The van der Waals surface area contributed by atoms with Crippen molar-refractivity contribution in [3.05, 3.63) is 35.5 Å². The Morgan fingerprint density at radius 1 is 1.35 bits per heavy atom. The Bertz CT molecular complexity index is 583. The van der Waals surface area contributed by atoms with Crippen molar-refractivity contribution in [3.63, 3.8) is 0 Å². The third-order valence-electron chi connectivity index (χ3n) is 2.57. The smallest absolute Gasteiger partial charge is 0.381 e. The van der Waals surface area contributed by atoms with Gasteiger partial charge in [-0.2, -0.15) is 0 Å². The van der Waals surface area contributed by atoms with Crippen LogP contribution in [-0.4, -0.2) is 23.3 Å². The summed E-state index contributed by atoms with van der Waals surface area (Å²) in [6, 6.07) is 7.41. The molecule has 0 aliphatic carbocycles. The van der Waals surface area contributed by atoms with E-state index in [2.05, 4.69) is 9.72 Å². The van der Waals surface area contributed by atoms with Crippen LogP contribution in [0.3, 0.4) is 0 Å². The summed E-state index contributed by atoms with van der Waals surface area (Å²) in [4.78, 5) is 26.0. The van der Waals surface area contributed by atoms with E-state index in [-0.39, 0.29) is 12.3 Å². The van der Waals surface area contributed by atoms with Gasteiger partial charge in [0.05, 0.1) is 12.3 Å². The largest absolute Gasteiger partial charge is 0.460 e. The van der Waals surface area contributed by atoms with E-state index in [0.717, 1.165) is 16.5 Å². The van der Waals surface area contributed by atoms with E-state index in [1.807, 2.05) is 25.1 Å². The molecule has 0 radical (unpaired) electrons. The number of rotatable bonds is 3. The van der Waals surface area contributed by atoms with Gasteiger partial charge in [-0.3, -0.25) is 4.79 Å². The molecular formula is C13H13NO3. The molecule has 0 spiro atoms. The van der Waals surface area contributed by atoms with Gasteiger partial charge in [0.25, 0.3) is 5.78 Å². The third-order valence-corrected chi connectivity index (χ3v) is 2.57. The van der Waals surface area contributed by atoms with E-state index in [9.17, 15) is 9.59 Å². The first-order valence-corrected chi connectivity index (χ1v) is 5.43. The van der Waals surface area contributed by atoms with Crippen LogP contribution in [0.15, 0.2) is 24.3 Å². The van der Waals surface area contributed by atoms with E-state index in [4.69, 9.17) is 0 Å². The zero-order valence-corrected chi connectivity index (χ0v) is 9.74. The topological polar surface area (TPSA) is 59.2 Å². The molecule has 4 heteroatoms. The van der Waals surface area contributed by atoms with Crippen molar-refractivity contribution in [2.24, 2.45) is 0 Å². The van der Waals surface area contributed by atoms with Crippen LogP contribution in [0, 0.1) is 6.92 Å². The number of aromatic nitrogens is 1. The molecule has 1 aromatic carbocycles. The molecular weight excluding hydrogens is 218 g/mol. The highest BCUT2D eigenvalue weighted by molar-refractivity contribution is 6.40. The van der Waals surface area contributed by atoms with Crippen molar-refractivity contribution in [3.8, 4) is 0 Å². The highest BCUT2D eigenvalue weighted by Gasteiger charge is 2.19. The molecule has 2 aromatic rings. The number of carbonyl (C=O) groups is 2. The van der Waals surface area contributed by atoms with Crippen LogP contribution in [0.25, 0.3) is 10.9 Å². The van der Waals surface area contributed by atoms with Gasteiger partial charge in [0.2, 0.25) is 0 Å². The Morgan fingerprint density at radius 2 is 2.12 bits per heavy atom. The maximum Gasteiger partial charge on any atom is 0.381 e. The zero-order chi connectivity index (χ0) is 12.4. The summed E-state index contributed by atoms with van der Waals surface area (Å²) in [6.07, 6.45) is 0. The predicted molar refractivity (Wildman–Crippen MR) is 64.0 cm³/mol. The highest BCUT2D eigenvalue weighted by Crippen LogP contribution is 2.19. The van der Waals surface area contributed by atoms with E-state index in [1.54, 1.807) is 13.0 Å². The van der Waals surface area contributed by atoms with Crippen molar-refractivity contribution in [1.29, 1.82) is 0 Å². The number of fused-ring (bicyclic) bond motifs is 1. The molecule has 0 bridgehead atoms. The number of Topliss-reactive ketones (excluding diaryl/α,β-unsaturated/α-hetero) is 1. The lowest BCUT2D eigenvalue weighted by molar-refractivity contribution is -0.137. The fourth-order valence-electron chi connectivity index (χ4n) is 1.74. The van der Waals surface area contributed by atoms with E-state index < -0.39 is 11.8 Å². The summed E-state index contributed by atoms with van der Waals surface area (Å²) in [5, 5.41) is 0.914. The monoisotopic (exact) mass is 231 g/mol. The summed E-state index contributed by atoms with van der Waals surface area (Å²) < 4.78 is 4.68. The average Bonchev–Trinajstić information content (AvgIpc) is 2.73. The van der Waals surface area contributed by atoms with E-state index in [0.29, 0.717) is 0 Å². The lowest BCUT2D eigenvalue weighted by Crippen LogP contribution is -2.17. The van der Waals surface area contributed by atoms with Gasteiger partial charge in [0.1, 0.15) is 0 Å². The molecule has 0 atom stereocenters. The average molecular weight is 231 g/mol. The number of aryl methyl sites for hydroxylation is 1. The Labute approximate surface area is 98.6 Å². The van der Waals surface area contributed by atoms with Gasteiger partial charge in [-0.15, -0.1) is 0 Å². The van der Waals surface area contributed by atoms with Gasteiger partial charge in [0.15, 0.2) is 0 Å².